The zero-order valence-corrected chi connectivity index (χ0v) is 18.3. The first-order valence-electron chi connectivity index (χ1n) is 10.5. The molecule has 3 N–H and O–H groups in total. The van der Waals surface area contributed by atoms with Crippen LogP contribution in [-0.2, 0) is 6.18 Å². The van der Waals surface area contributed by atoms with E-state index < -0.39 is 11.7 Å². The molecule has 34 heavy (non-hydrogen) atoms. The Balaban J connectivity index is 1.51. The molecule has 4 aromatic rings. The molecule has 0 unspecified atom stereocenters. The van der Waals surface area contributed by atoms with Crippen molar-refractivity contribution in [3.63, 3.8) is 0 Å². The van der Waals surface area contributed by atoms with Gasteiger partial charge in [-0.25, -0.2) is 9.97 Å². The van der Waals surface area contributed by atoms with E-state index in [0.29, 0.717) is 34.3 Å². The maximum atomic E-state index is 13.5. The van der Waals surface area contributed by atoms with Crippen LogP contribution in [0.5, 0.6) is 0 Å². The van der Waals surface area contributed by atoms with Gasteiger partial charge in [0.25, 0.3) is 5.91 Å². The van der Waals surface area contributed by atoms with Gasteiger partial charge in [-0.3, -0.25) is 9.48 Å². The number of H-pyrrole nitrogens is 1. The molecular formula is C23H20F3N7O. The molecule has 0 spiro atoms. The highest BCUT2D eigenvalue weighted by atomic mass is 19.4. The number of fused-ring (bicyclic) bond motifs is 1. The van der Waals surface area contributed by atoms with E-state index in [2.05, 4.69) is 20.1 Å². The van der Waals surface area contributed by atoms with Crippen molar-refractivity contribution in [3.05, 3.63) is 65.7 Å². The lowest BCUT2D eigenvalue weighted by atomic mass is 10.0. The van der Waals surface area contributed by atoms with Gasteiger partial charge in [-0.1, -0.05) is 0 Å². The third-order valence-electron chi connectivity index (χ3n) is 5.85. The topological polar surface area (TPSA) is 106 Å². The predicted molar refractivity (Wildman–Crippen MR) is 120 cm³/mol. The van der Waals surface area contributed by atoms with Crippen LogP contribution in [0.25, 0.3) is 22.6 Å². The number of anilines is 2. The number of alkyl halides is 3. The number of rotatable bonds is 3. The number of halogens is 3. The van der Waals surface area contributed by atoms with E-state index in [9.17, 15) is 18.0 Å². The minimum absolute atomic E-state index is 0.0545. The van der Waals surface area contributed by atoms with Crippen molar-refractivity contribution >= 4 is 17.4 Å². The number of aromatic amines is 1. The molecule has 1 aliphatic rings. The Morgan fingerprint density at radius 3 is 2.65 bits per heavy atom. The fraction of sp³-hybridized carbons (Fsp3) is 0.217. The zero-order chi connectivity index (χ0) is 24.2. The highest BCUT2D eigenvalue weighted by Gasteiger charge is 2.36. The normalized spacial score (nSPS) is 16.1. The van der Waals surface area contributed by atoms with Crippen molar-refractivity contribution in [1.29, 1.82) is 0 Å². The van der Waals surface area contributed by atoms with Crippen LogP contribution in [0.1, 0.15) is 34.6 Å². The molecule has 4 heterocycles. The molecule has 1 atom stereocenters. The van der Waals surface area contributed by atoms with Gasteiger partial charge < -0.3 is 15.6 Å². The third-order valence-corrected chi connectivity index (χ3v) is 5.85. The lowest BCUT2D eigenvalue weighted by Crippen LogP contribution is -2.42. The molecule has 1 amide bonds. The van der Waals surface area contributed by atoms with Gasteiger partial charge in [0.15, 0.2) is 0 Å². The minimum Gasteiger partial charge on any atom is -0.384 e. The first kappa shape index (κ1) is 21.7. The predicted octanol–water partition coefficient (Wildman–Crippen LogP) is 4.47. The summed E-state index contributed by atoms with van der Waals surface area (Å²) in [6, 6.07) is 6.97. The van der Waals surface area contributed by atoms with E-state index in [1.807, 2.05) is 6.92 Å². The maximum Gasteiger partial charge on any atom is 0.416 e. The van der Waals surface area contributed by atoms with Gasteiger partial charge >= 0.3 is 6.18 Å². The quantitative estimate of drug-likeness (QED) is 0.463. The van der Waals surface area contributed by atoms with Crippen molar-refractivity contribution in [2.75, 3.05) is 17.2 Å². The molecule has 0 fully saturated rings. The number of pyridine rings is 1. The van der Waals surface area contributed by atoms with Crippen LogP contribution >= 0.6 is 0 Å². The average Bonchev–Trinajstić information content (AvgIpc) is 3.43. The van der Waals surface area contributed by atoms with Gasteiger partial charge in [-0.15, -0.1) is 0 Å². The van der Waals surface area contributed by atoms with Crippen molar-refractivity contribution < 1.29 is 18.0 Å². The summed E-state index contributed by atoms with van der Waals surface area (Å²) in [4.78, 5) is 26.7. The first-order chi connectivity index (χ1) is 16.1. The summed E-state index contributed by atoms with van der Waals surface area (Å²) < 4.78 is 41.2. The van der Waals surface area contributed by atoms with Gasteiger partial charge in [0.2, 0.25) is 0 Å². The van der Waals surface area contributed by atoms with Gasteiger partial charge in [0.05, 0.1) is 29.1 Å². The fourth-order valence-electron chi connectivity index (χ4n) is 4.16. The Kier molecular flexibility index (Phi) is 4.92. The Bertz CT molecular complexity index is 1390. The Labute approximate surface area is 192 Å². The Morgan fingerprint density at radius 2 is 1.97 bits per heavy atom. The van der Waals surface area contributed by atoms with Crippen molar-refractivity contribution in [3.8, 4) is 22.6 Å². The third kappa shape index (κ3) is 3.58. The molecule has 0 radical (unpaired) electrons. The van der Waals surface area contributed by atoms with Gasteiger partial charge in [-0.2, -0.15) is 18.3 Å². The smallest absolute Gasteiger partial charge is 0.384 e. The number of carbonyl (C=O) groups excluding carboxylic acids is 1. The van der Waals surface area contributed by atoms with Gasteiger partial charge in [0.1, 0.15) is 17.3 Å². The number of benzene rings is 1. The number of nitrogen functional groups attached to an aromatic ring is 1. The molecule has 11 heteroatoms. The van der Waals surface area contributed by atoms with Crippen LogP contribution in [0.4, 0.5) is 24.7 Å². The van der Waals surface area contributed by atoms with E-state index in [0.717, 1.165) is 11.6 Å². The molecule has 0 saturated carbocycles. The first-order valence-corrected chi connectivity index (χ1v) is 10.5. The summed E-state index contributed by atoms with van der Waals surface area (Å²) in [6.45, 7) is 3.56. The Hall–Kier alpha value is -4.15. The second-order valence-electron chi connectivity index (χ2n) is 8.22. The van der Waals surface area contributed by atoms with Crippen LogP contribution in [0, 0.1) is 6.92 Å². The van der Waals surface area contributed by atoms with E-state index >= 15 is 0 Å². The standard InChI is InChI=1S/C23H20F3N7O/c1-12-7-15(4-5-17(12)23(24,25)26)32-11-13(2)33-20(22(32)34)16(9-30-33)18-10-29-21(31-18)14-3-6-19(27)28-8-14/h3-10,13H,11H2,1-2H3,(H2,27,28)(H,29,31)/t13-/m0/s1. The van der Waals surface area contributed by atoms with Gasteiger partial charge in [0, 0.05) is 30.2 Å². The lowest BCUT2D eigenvalue weighted by molar-refractivity contribution is -0.138. The number of hydrogen-bond donors (Lipinski definition) is 2. The van der Waals surface area contributed by atoms with Crippen molar-refractivity contribution in [2.24, 2.45) is 0 Å². The highest BCUT2D eigenvalue weighted by molar-refractivity contribution is 6.09. The number of carbonyl (C=O) groups is 1. The number of imidazole rings is 1. The number of aryl methyl sites for hydroxylation is 1. The Morgan fingerprint density at radius 1 is 1.18 bits per heavy atom. The van der Waals surface area contributed by atoms with E-state index in [-0.39, 0.29) is 24.1 Å². The highest BCUT2D eigenvalue weighted by Crippen LogP contribution is 2.36. The molecule has 174 valence electrons. The summed E-state index contributed by atoms with van der Waals surface area (Å²) >= 11 is 0. The van der Waals surface area contributed by atoms with Crippen LogP contribution in [0.2, 0.25) is 0 Å². The average molecular weight is 467 g/mol. The molecule has 1 aromatic carbocycles. The summed E-state index contributed by atoms with van der Waals surface area (Å²) in [5.41, 5.74) is 7.46. The minimum atomic E-state index is -4.45. The number of hydrogen-bond acceptors (Lipinski definition) is 5. The molecule has 3 aromatic heterocycles. The summed E-state index contributed by atoms with van der Waals surface area (Å²) in [5, 5.41) is 4.39. The van der Waals surface area contributed by atoms with E-state index in [1.54, 1.807) is 35.4 Å². The van der Waals surface area contributed by atoms with Gasteiger partial charge in [-0.05, 0) is 49.7 Å². The number of nitrogens with one attached hydrogen (secondary N) is 1. The molecule has 0 bridgehead atoms. The summed E-state index contributed by atoms with van der Waals surface area (Å²) in [7, 11) is 0. The zero-order valence-electron chi connectivity index (χ0n) is 18.3. The monoisotopic (exact) mass is 467 g/mol. The lowest BCUT2D eigenvalue weighted by Gasteiger charge is -2.32. The number of amides is 1. The molecule has 0 saturated heterocycles. The number of nitrogens with two attached hydrogens (primary N) is 1. The number of nitrogens with zero attached hydrogens (tertiary/aromatic N) is 5. The van der Waals surface area contributed by atoms with E-state index in [4.69, 9.17) is 5.73 Å². The molecule has 1 aliphatic heterocycles. The summed E-state index contributed by atoms with van der Waals surface area (Å²) in [6.07, 6.45) is 0.383. The van der Waals surface area contributed by atoms with Crippen LogP contribution in [0.15, 0.2) is 48.9 Å². The molecular weight excluding hydrogens is 447 g/mol. The largest absolute Gasteiger partial charge is 0.416 e. The number of aromatic nitrogens is 5. The van der Waals surface area contributed by atoms with Crippen molar-refractivity contribution in [1.82, 2.24) is 24.7 Å². The van der Waals surface area contributed by atoms with Crippen LogP contribution in [0.3, 0.4) is 0 Å². The van der Waals surface area contributed by atoms with Crippen LogP contribution in [-0.4, -0.2) is 37.2 Å². The fourth-order valence-corrected chi connectivity index (χ4v) is 4.16. The van der Waals surface area contributed by atoms with Crippen molar-refractivity contribution in [2.45, 2.75) is 26.1 Å². The molecule has 5 rings (SSSR count). The second kappa shape index (κ2) is 7.72. The summed E-state index contributed by atoms with van der Waals surface area (Å²) in [5.74, 6) is 0.580. The molecule has 8 nitrogen and oxygen atoms in total. The molecule has 0 aliphatic carbocycles. The SMILES string of the molecule is Cc1cc(N2C[C@H](C)n3ncc(-c4c[nH]c(-c5ccc(N)nc5)n4)c3C2=O)ccc1C(F)(F)F. The van der Waals surface area contributed by atoms with E-state index in [1.165, 1.54) is 24.0 Å². The second-order valence-corrected chi connectivity index (χ2v) is 8.22. The van der Waals surface area contributed by atoms with Crippen LogP contribution < -0.4 is 10.6 Å². The maximum absolute atomic E-state index is 13.5.